The Bertz CT molecular complexity index is 2640. The highest BCUT2D eigenvalue weighted by Crippen LogP contribution is 2.34. The van der Waals surface area contributed by atoms with Crippen LogP contribution in [0.25, 0.3) is 21.1 Å². The topological polar surface area (TPSA) is 195 Å². The van der Waals surface area contributed by atoms with Gasteiger partial charge in [0.1, 0.15) is 30.2 Å². The summed E-state index contributed by atoms with van der Waals surface area (Å²) in [5.74, 6) is -1.87. The Balaban J connectivity index is 0.749. The van der Waals surface area contributed by atoms with Crippen LogP contribution in [0.2, 0.25) is 0 Å². The summed E-state index contributed by atoms with van der Waals surface area (Å²) in [6, 6.07) is 6.56. The van der Waals surface area contributed by atoms with Gasteiger partial charge in [0.25, 0.3) is 17.7 Å². The average Bonchev–Trinajstić information content (AvgIpc) is 4.08. The molecule has 2 saturated heterocycles. The number of pyridine rings is 1. The lowest BCUT2D eigenvalue weighted by Gasteiger charge is -2.39. The van der Waals surface area contributed by atoms with Gasteiger partial charge >= 0.3 is 0 Å². The van der Waals surface area contributed by atoms with Crippen molar-refractivity contribution in [3.05, 3.63) is 70.1 Å². The molecule has 6 heterocycles. The molecular formula is C50H65F2N9O9S. The summed E-state index contributed by atoms with van der Waals surface area (Å²) in [6.07, 6.45) is 8.48. The lowest BCUT2D eigenvalue weighted by atomic mass is 9.83. The van der Waals surface area contributed by atoms with Crippen LogP contribution in [0.1, 0.15) is 83.4 Å². The van der Waals surface area contributed by atoms with Gasteiger partial charge < -0.3 is 53.8 Å². The van der Waals surface area contributed by atoms with Gasteiger partial charge in [0.15, 0.2) is 17.4 Å². The molecule has 4 amide bonds. The second kappa shape index (κ2) is 24.1. The number of halogens is 2. The number of carbonyl (C=O) groups excluding carboxylic acids is 4. The number of rotatable bonds is 21. The summed E-state index contributed by atoms with van der Waals surface area (Å²) < 4.78 is 60.7. The zero-order chi connectivity index (χ0) is 50.0. The molecule has 1 aromatic carbocycles. The number of amides is 4. The van der Waals surface area contributed by atoms with Gasteiger partial charge in [-0.15, -0.1) is 11.3 Å². The van der Waals surface area contributed by atoms with Crippen LogP contribution in [0.5, 0.6) is 11.6 Å². The van der Waals surface area contributed by atoms with Gasteiger partial charge in [0.2, 0.25) is 11.8 Å². The van der Waals surface area contributed by atoms with Crippen molar-refractivity contribution in [2.45, 2.75) is 83.5 Å². The molecule has 0 spiro atoms. The third-order valence-electron chi connectivity index (χ3n) is 13.7. The van der Waals surface area contributed by atoms with Gasteiger partial charge in [-0.25, -0.2) is 8.78 Å². The number of carbonyl (C=O) groups is 4. The molecule has 0 bridgehead atoms. The van der Waals surface area contributed by atoms with Crippen LogP contribution >= 0.6 is 11.3 Å². The highest BCUT2D eigenvalue weighted by atomic mass is 32.1. The molecule has 3 N–H and O–H groups in total. The minimum atomic E-state index is -1.16. The van der Waals surface area contributed by atoms with Crippen LogP contribution < -0.4 is 25.4 Å². The van der Waals surface area contributed by atoms with Crippen LogP contribution in [-0.2, 0) is 32.7 Å². The number of thiophene rings is 1. The number of likely N-dealkylation sites (N-methyl/N-ethyl adjacent to an activating group) is 1. The van der Waals surface area contributed by atoms with E-state index in [0.29, 0.717) is 18.2 Å². The van der Waals surface area contributed by atoms with E-state index in [-0.39, 0.29) is 112 Å². The molecule has 5 aromatic rings. The molecule has 0 radical (unpaired) electrons. The predicted molar refractivity (Wildman–Crippen MR) is 262 cm³/mol. The van der Waals surface area contributed by atoms with E-state index in [9.17, 15) is 28.0 Å². The second-order valence-electron chi connectivity index (χ2n) is 18.5. The highest BCUT2D eigenvalue weighted by molar-refractivity contribution is 7.19. The number of nitrogens with zero attached hydrogens (tertiary/aromatic N) is 6. The Morgan fingerprint density at radius 3 is 2.34 bits per heavy atom. The molecule has 3 fully saturated rings. The first-order chi connectivity index (χ1) is 34.4. The molecule has 2 aliphatic heterocycles. The fraction of sp³-hybridized carbons (Fsp3) is 0.560. The standard InChI is InChI=1S/C50H65F2N9O9S/c1-31-26-39-46(71-31)41(10-13-54-39)69-34-11-15-59(16-12-34)30-35-27-42(57-70-35)68-25-24-67-23-22-66-21-14-55-48(63)43-36-28-37(51)38(52)29-40(36)58(4)45(43)50(65)61-19-17-60(18-20-61)49(64)44(33-8-6-5-7-9-33)56-47(62)32(2)53-3/h10,13,26-29,32-34,44,53H,5-9,11-12,14-25,30H2,1-4H3,(H,55,63)(H,56,62)/t32-,44-/m0/s1. The Kier molecular flexibility index (Phi) is 17.5. The Labute approximate surface area is 415 Å². The molecule has 384 valence electrons. The molecule has 1 saturated carbocycles. The van der Waals surface area contributed by atoms with Crippen molar-refractivity contribution in [3.8, 4) is 11.6 Å². The number of piperazine rings is 1. The number of likely N-dealkylation sites (tertiary alicyclic amines) is 1. The number of nitrogens with one attached hydrogen (secondary N) is 3. The molecule has 71 heavy (non-hydrogen) atoms. The summed E-state index contributed by atoms with van der Waals surface area (Å²) in [5, 5.41) is 12.8. The van der Waals surface area contributed by atoms with Crippen LogP contribution in [0.3, 0.4) is 0 Å². The summed E-state index contributed by atoms with van der Waals surface area (Å²) in [7, 11) is 3.22. The van der Waals surface area contributed by atoms with Crippen molar-refractivity contribution in [2.75, 3.05) is 85.9 Å². The Hall–Kier alpha value is -5.74. The zero-order valence-corrected chi connectivity index (χ0v) is 41.8. The largest absolute Gasteiger partial charge is 0.489 e. The first kappa shape index (κ1) is 51.6. The number of hydrogen-bond acceptors (Lipinski definition) is 14. The van der Waals surface area contributed by atoms with Crippen LogP contribution in [0, 0.1) is 24.5 Å². The van der Waals surface area contributed by atoms with E-state index in [1.165, 1.54) is 21.4 Å². The normalized spacial score (nSPS) is 17.2. The number of benzene rings is 1. The fourth-order valence-corrected chi connectivity index (χ4v) is 10.6. The SMILES string of the molecule is CN[C@@H](C)C(=O)N[C@H](C(=O)N1CCN(C(=O)c2c(C(=O)NCCOCCOCCOc3cc(CN4CCC(Oc5ccnc6cc(C)sc56)CC4)on3)c3cc(F)c(F)cc3n2C)CC1)C1CCCCC1. The van der Waals surface area contributed by atoms with Crippen molar-refractivity contribution in [3.63, 3.8) is 0 Å². The third kappa shape index (κ3) is 12.7. The molecule has 2 atom stereocenters. The molecule has 1 aliphatic carbocycles. The Morgan fingerprint density at radius 2 is 1.59 bits per heavy atom. The minimum Gasteiger partial charge on any atom is -0.489 e. The zero-order valence-electron chi connectivity index (χ0n) is 40.9. The quantitative estimate of drug-likeness (QED) is 0.0813. The van der Waals surface area contributed by atoms with Gasteiger partial charge in [-0.2, -0.15) is 0 Å². The second-order valence-corrected chi connectivity index (χ2v) is 19.8. The van der Waals surface area contributed by atoms with E-state index in [2.05, 4.69) is 44.0 Å². The molecule has 8 rings (SSSR count). The lowest BCUT2D eigenvalue weighted by molar-refractivity contribution is -0.140. The maximum absolute atomic E-state index is 14.7. The smallest absolute Gasteiger partial charge is 0.271 e. The van der Waals surface area contributed by atoms with E-state index in [4.69, 9.17) is 23.5 Å². The molecule has 4 aromatic heterocycles. The van der Waals surface area contributed by atoms with Gasteiger partial charge in [-0.3, -0.25) is 29.1 Å². The van der Waals surface area contributed by atoms with E-state index in [1.807, 2.05) is 6.07 Å². The van der Waals surface area contributed by atoms with Crippen molar-refractivity contribution < 1.29 is 51.4 Å². The molecule has 21 heteroatoms. The Morgan fingerprint density at radius 1 is 0.887 bits per heavy atom. The summed E-state index contributed by atoms with van der Waals surface area (Å²) >= 11 is 1.70. The average molecular weight is 1010 g/mol. The number of ether oxygens (including phenoxy) is 4. The van der Waals surface area contributed by atoms with Crippen LogP contribution in [-0.4, -0.2) is 157 Å². The number of aryl methyl sites for hydroxylation is 2. The van der Waals surface area contributed by atoms with Gasteiger partial charge in [0, 0.05) is 81.5 Å². The van der Waals surface area contributed by atoms with E-state index in [0.717, 1.165) is 86.1 Å². The van der Waals surface area contributed by atoms with E-state index < -0.39 is 35.5 Å². The first-order valence-electron chi connectivity index (χ1n) is 24.7. The molecule has 18 nitrogen and oxygen atoms in total. The lowest BCUT2D eigenvalue weighted by Crippen LogP contribution is -2.59. The van der Waals surface area contributed by atoms with E-state index in [1.54, 1.807) is 42.5 Å². The maximum atomic E-state index is 14.7. The summed E-state index contributed by atoms with van der Waals surface area (Å²) in [4.78, 5) is 66.2. The summed E-state index contributed by atoms with van der Waals surface area (Å²) in [5.41, 5.74) is 1.02. The fourth-order valence-electron chi connectivity index (χ4n) is 9.65. The van der Waals surface area contributed by atoms with Gasteiger partial charge in [-0.1, -0.05) is 19.3 Å². The molecule has 0 unspecified atom stereocenters. The van der Waals surface area contributed by atoms with Gasteiger partial charge in [0.05, 0.1) is 60.3 Å². The number of fused-ring (bicyclic) bond motifs is 2. The van der Waals surface area contributed by atoms with Gasteiger partial charge in [-0.05, 0) is 75.9 Å². The number of aromatic nitrogens is 3. The van der Waals surface area contributed by atoms with Crippen LogP contribution in [0.4, 0.5) is 8.78 Å². The monoisotopic (exact) mass is 1010 g/mol. The van der Waals surface area contributed by atoms with Crippen molar-refractivity contribution >= 4 is 56.1 Å². The first-order valence-corrected chi connectivity index (χ1v) is 25.5. The van der Waals surface area contributed by atoms with Crippen molar-refractivity contribution in [2.24, 2.45) is 13.0 Å². The number of hydrogen-bond donors (Lipinski definition) is 3. The summed E-state index contributed by atoms with van der Waals surface area (Å²) in [6.45, 7) is 8.09. The molecular weight excluding hydrogens is 941 g/mol. The van der Waals surface area contributed by atoms with Crippen LogP contribution in [0.15, 0.2) is 41.1 Å². The third-order valence-corrected chi connectivity index (χ3v) is 14.7. The highest BCUT2D eigenvalue weighted by Gasteiger charge is 2.38. The number of piperidine rings is 1. The minimum absolute atomic E-state index is 0.0154. The maximum Gasteiger partial charge on any atom is 0.271 e. The predicted octanol–water partition coefficient (Wildman–Crippen LogP) is 5.21. The van der Waals surface area contributed by atoms with Crippen molar-refractivity contribution in [1.29, 1.82) is 0 Å². The van der Waals surface area contributed by atoms with Crippen molar-refractivity contribution in [1.82, 2.24) is 45.4 Å². The van der Waals surface area contributed by atoms with E-state index >= 15 is 0 Å². The molecule has 3 aliphatic rings.